The number of nitrogen functional groups attached to an aromatic ring is 1. The topological polar surface area (TPSA) is 101 Å². The van der Waals surface area contributed by atoms with Crippen molar-refractivity contribution in [1.82, 2.24) is 4.57 Å². The van der Waals surface area contributed by atoms with Crippen LogP contribution in [0.4, 0.5) is 5.69 Å². The fourth-order valence-electron chi connectivity index (χ4n) is 3.92. The van der Waals surface area contributed by atoms with Crippen LogP contribution in [0.3, 0.4) is 0 Å². The molecule has 0 spiro atoms. The molecule has 3 aromatic rings. The zero-order valence-electron chi connectivity index (χ0n) is 19.4. The number of fused-ring (bicyclic) bond motifs is 1. The second-order valence-electron chi connectivity index (χ2n) is 7.72. The average Bonchev–Trinajstić information content (AvgIpc) is 3.12. The third-order valence-electron chi connectivity index (χ3n) is 5.38. The van der Waals surface area contributed by atoms with Crippen molar-refractivity contribution >= 4 is 78.1 Å². The lowest BCUT2D eigenvalue weighted by Gasteiger charge is -2.23. The molecule has 7 nitrogen and oxygen atoms in total. The van der Waals surface area contributed by atoms with Crippen molar-refractivity contribution in [3.05, 3.63) is 84.9 Å². The maximum Gasteiger partial charge on any atom is 0.357 e. The molecule has 186 valence electrons. The number of nitrogens with two attached hydrogens (primary N) is 1. The summed E-state index contributed by atoms with van der Waals surface area (Å²) in [6.07, 6.45) is 1.74. The van der Waals surface area contributed by atoms with Crippen LogP contribution < -0.4 is 16.3 Å². The summed E-state index contributed by atoms with van der Waals surface area (Å²) in [5.74, 6) is -1.76. The van der Waals surface area contributed by atoms with Crippen molar-refractivity contribution in [3.63, 3.8) is 0 Å². The maximum absolute atomic E-state index is 13.9. The fraction of sp³-hybridized carbons (Fsp3) is 0.192. The van der Waals surface area contributed by atoms with Gasteiger partial charge in [0.2, 0.25) is 5.91 Å². The fourth-order valence-corrected chi connectivity index (χ4v) is 5.95. The Morgan fingerprint density at radius 2 is 1.67 bits per heavy atom. The summed E-state index contributed by atoms with van der Waals surface area (Å²) >= 11 is 7.97. The summed E-state index contributed by atoms with van der Waals surface area (Å²) in [5, 5.41) is -0.226. The van der Waals surface area contributed by atoms with Gasteiger partial charge in [-0.1, -0.05) is 67.9 Å². The molecule has 1 aliphatic rings. The van der Waals surface area contributed by atoms with Crippen molar-refractivity contribution < 1.29 is 23.9 Å². The highest BCUT2D eigenvalue weighted by Gasteiger charge is 2.38. The first-order valence-corrected chi connectivity index (χ1v) is 13.6. The molecule has 1 aliphatic heterocycles. The first-order valence-electron chi connectivity index (χ1n) is 11.1. The number of hydrogen-bond donors (Lipinski definition) is 1. The van der Waals surface area contributed by atoms with Gasteiger partial charge in [0.15, 0.2) is 5.69 Å². The minimum absolute atomic E-state index is 0.0501. The van der Waals surface area contributed by atoms with Gasteiger partial charge in [-0.3, -0.25) is 9.36 Å². The van der Waals surface area contributed by atoms with Gasteiger partial charge in [-0.25, -0.2) is 9.59 Å². The van der Waals surface area contributed by atoms with Crippen LogP contribution in [-0.4, -0.2) is 35.6 Å². The first-order chi connectivity index (χ1) is 17.3. The standard InChI is InChI=1S/C26H22Br2N2O5S/c1-3-34-25(32)21-19(29)18(12-14-7-5-9-16(27)11-14)20-23(26(33)35-4-2)36-22(24(31)30(20)21)15-8-6-10-17(28)13-15/h5-13,22H,3-4,29H2,1-2H3/b18-12+. The van der Waals surface area contributed by atoms with E-state index in [1.807, 2.05) is 30.3 Å². The number of anilines is 1. The molecule has 0 fully saturated rings. The summed E-state index contributed by atoms with van der Waals surface area (Å²) in [6, 6.07) is 14.7. The monoisotopic (exact) mass is 632 g/mol. The minimum atomic E-state index is -0.812. The van der Waals surface area contributed by atoms with Crippen molar-refractivity contribution in [2.75, 3.05) is 18.9 Å². The number of halogens is 2. The van der Waals surface area contributed by atoms with Gasteiger partial charge in [0.1, 0.15) is 10.2 Å². The van der Waals surface area contributed by atoms with Crippen LogP contribution in [-0.2, 0) is 14.3 Å². The quantitative estimate of drug-likeness (QED) is 0.402. The molecule has 4 rings (SSSR count). The van der Waals surface area contributed by atoms with Crippen LogP contribution in [0.2, 0.25) is 0 Å². The molecule has 1 unspecified atom stereocenters. The summed E-state index contributed by atoms with van der Waals surface area (Å²) in [4.78, 5) is 40.4. The van der Waals surface area contributed by atoms with Crippen LogP contribution in [0.1, 0.15) is 45.5 Å². The lowest BCUT2D eigenvalue weighted by atomic mass is 10.1. The van der Waals surface area contributed by atoms with E-state index in [9.17, 15) is 14.4 Å². The molecule has 0 bridgehead atoms. The predicted octanol–water partition coefficient (Wildman–Crippen LogP) is 4.40. The number of aromatic nitrogens is 1. The normalized spacial score (nSPS) is 15.6. The average molecular weight is 634 g/mol. The Morgan fingerprint density at radius 3 is 2.31 bits per heavy atom. The number of carbonyl (C=O) groups is 3. The molecule has 2 aromatic carbocycles. The number of ether oxygens (including phenoxy) is 2. The van der Waals surface area contributed by atoms with E-state index in [0.717, 1.165) is 26.3 Å². The molecule has 2 heterocycles. The van der Waals surface area contributed by atoms with Crippen molar-refractivity contribution in [3.8, 4) is 0 Å². The summed E-state index contributed by atoms with van der Waals surface area (Å²) in [7, 11) is 0. The highest BCUT2D eigenvalue weighted by Crippen LogP contribution is 2.40. The molecule has 10 heteroatoms. The lowest BCUT2D eigenvalue weighted by Crippen LogP contribution is -2.42. The van der Waals surface area contributed by atoms with Gasteiger partial charge in [0, 0.05) is 14.2 Å². The maximum atomic E-state index is 13.9. The Kier molecular flexibility index (Phi) is 8.07. The predicted molar refractivity (Wildman–Crippen MR) is 147 cm³/mol. The van der Waals surface area contributed by atoms with Crippen LogP contribution in [0.25, 0.3) is 11.0 Å². The van der Waals surface area contributed by atoms with Gasteiger partial charge in [0.25, 0.3) is 0 Å². The van der Waals surface area contributed by atoms with Crippen LogP contribution in [0.5, 0.6) is 0 Å². The van der Waals surface area contributed by atoms with Gasteiger partial charge < -0.3 is 15.2 Å². The first kappa shape index (κ1) is 26.2. The summed E-state index contributed by atoms with van der Waals surface area (Å²) < 4.78 is 13.4. The zero-order valence-corrected chi connectivity index (χ0v) is 23.4. The second kappa shape index (κ2) is 11.1. The molecule has 1 atom stereocenters. The third kappa shape index (κ3) is 5.02. The van der Waals surface area contributed by atoms with E-state index in [-0.39, 0.29) is 34.8 Å². The molecule has 0 amide bonds. The van der Waals surface area contributed by atoms with Gasteiger partial charge in [-0.15, -0.1) is 0 Å². The number of rotatable bonds is 6. The van der Waals surface area contributed by atoms with Gasteiger partial charge in [0.05, 0.1) is 24.3 Å². The Hall–Kier alpha value is -2.82. The Morgan fingerprint density at radius 1 is 1.03 bits per heavy atom. The Balaban J connectivity index is 2.11. The Bertz CT molecular complexity index is 1500. The largest absolute Gasteiger partial charge is 0.462 e. The second-order valence-corrected chi connectivity index (χ2v) is 10.7. The molecule has 0 saturated heterocycles. The van der Waals surface area contributed by atoms with E-state index in [4.69, 9.17) is 15.2 Å². The number of hydrogen-bond acceptors (Lipinski definition) is 7. The summed E-state index contributed by atoms with van der Waals surface area (Å²) in [6.45, 7) is 3.61. The summed E-state index contributed by atoms with van der Waals surface area (Å²) in [5.41, 5.74) is 7.87. The third-order valence-corrected chi connectivity index (χ3v) is 7.68. The van der Waals surface area contributed by atoms with E-state index in [1.54, 1.807) is 38.1 Å². The van der Waals surface area contributed by atoms with Crippen molar-refractivity contribution in [2.24, 2.45) is 0 Å². The smallest absolute Gasteiger partial charge is 0.357 e. The molecule has 1 aromatic heterocycles. The molecule has 0 radical (unpaired) electrons. The minimum Gasteiger partial charge on any atom is -0.462 e. The van der Waals surface area contributed by atoms with Crippen molar-refractivity contribution in [1.29, 1.82) is 0 Å². The van der Waals surface area contributed by atoms with Crippen LogP contribution in [0, 0.1) is 0 Å². The van der Waals surface area contributed by atoms with E-state index >= 15 is 0 Å². The molecule has 36 heavy (non-hydrogen) atoms. The highest BCUT2D eigenvalue weighted by atomic mass is 79.9. The van der Waals surface area contributed by atoms with E-state index < -0.39 is 23.1 Å². The highest BCUT2D eigenvalue weighted by molar-refractivity contribution is 9.10. The zero-order chi connectivity index (χ0) is 26.0. The number of thioether (sulfide) groups is 1. The van der Waals surface area contributed by atoms with E-state index in [1.165, 1.54) is 4.57 Å². The van der Waals surface area contributed by atoms with Gasteiger partial charge >= 0.3 is 11.9 Å². The van der Waals surface area contributed by atoms with Crippen LogP contribution in [0.15, 0.2) is 57.5 Å². The van der Waals surface area contributed by atoms with E-state index in [2.05, 4.69) is 31.9 Å². The molecular formula is C26H22Br2N2O5S. The molecular weight excluding hydrogens is 612 g/mol. The molecule has 0 aliphatic carbocycles. The number of esters is 2. The van der Waals surface area contributed by atoms with Gasteiger partial charge in [-0.2, -0.15) is 0 Å². The number of benzene rings is 2. The Labute approximate surface area is 228 Å². The van der Waals surface area contributed by atoms with E-state index in [0.29, 0.717) is 10.8 Å². The molecule has 0 saturated carbocycles. The SMILES string of the molecule is CCOC(=O)C1=c2/c(=C/c3cccc(Br)c3)c(N)c(C(=O)OCC)n2C(=O)C(c2cccc(Br)c2)S1. The van der Waals surface area contributed by atoms with Crippen LogP contribution >= 0.6 is 43.6 Å². The van der Waals surface area contributed by atoms with Crippen molar-refractivity contribution in [2.45, 2.75) is 19.1 Å². The lowest BCUT2D eigenvalue weighted by molar-refractivity contribution is -0.135. The number of carbonyl (C=O) groups excluding carboxylic acids is 3. The van der Waals surface area contributed by atoms with Gasteiger partial charge in [-0.05, 0) is 55.3 Å². The molecule has 2 N–H and O–H groups in total. The number of nitrogens with zero attached hydrogens (tertiary/aromatic N) is 1.